The first kappa shape index (κ1) is 18.1. The largest absolute Gasteiger partial charge is 0.382 e. The van der Waals surface area contributed by atoms with Crippen LogP contribution < -0.4 is 5.73 Å². The van der Waals surface area contributed by atoms with Gasteiger partial charge in [0.05, 0.1) is 25.6 Å². The lowest BCUT2D eigenvalue weighted by atomic mass is 10.1. The number of fused-ring (bicyclic) bond motifs is 1. The molecule has 1 aliphatic heterocycles. The maximum atomic E-state index is 12.8. The van der Waals surface area contributed by atoms with E-state index in [-0.39, 0.29) is 12.5 Å². The van der Waals surface area contributed by atoms with Crippen LogP contribution in [0.5, 0.6) is 0 Å². The zero-order chi connectivity index (χ0) is 18.7. The van der Waals surface area contributed by atoms with Crippen molar-refractivity contribution in [1.29, 1.82) is 0 Å². The first-order valence-electron chi connectivity index (χ1n) is 8.61. The second-order valence-corrected chi connectivity index (χ2v) is 8.09. The number of nitrogens with zero attached hydrogens (tertiary/aromatic N) is 4. The van der Waals surface area contributed by atoms with Crippen LogP contribution in [0.3, 0.4) is 0 Å². The fourth-order valence-corrected chi connectivity index (χ4v) is 4.49. The highest BCUT2D eigenvalue weighted by molar-refractivity contribution is 7.53. The molecule has 2 atom stereocenters. The molecule has 3 heterocycles. The van der Waals surface area contributed by atoms with Crippen molar-refractivity contribution >= 4 is 24.6 Å². The van der Waals surface area contributed by atoms with Crippen LogP contribution in [0.15, 0.2) is 43.0 Å². The van der Waals surface area contributed by atoms with E-state index in [1.807, 2.05) is 30.3 Å². The number of nitrogens with two attached hydrogens (primary N) is 1. The Bertz CT molecular complexity index is 964. The molecule has 1 unspecified atom stereocenters. The van der Waals surface area contributed by atoms with Gasteiger partial charge in [0.1, 0.15) is 18.2 Å². The van der Waals surface area contributed by atoms with Gasteiger partial charge in [-0.2, -0.15) is 0 Å². The average molecular weight is 389 g/mol. The summed E-state index contributed by atoms with van der Waals surface area (Å²) in [4.78, 5) is 12.3. The quantitative estimate of drug-likeness (QED) is 0.506. The molecule has 2 aromatic heterocycles. The van der Waals surface area contributed by atoms with E-state index in [2.05, 4.69) is 15.0 Å². The summed E-state index contributed by atoms with van der Waals surface area (Å²) in [6, 6.07) is 9.71. The number of rotatable bonds is 6. The second-order valence-electron chi connectivity index (χ2n) is 6.14. The number of hydrogen-bond donors (Lipinski definition) is 1. The molecule has 1 aliphatic rings. The molecule has 4 rings (SSSR count). The van der Waals surface area contributed by atoms with Gasteiger partial charge in [-0.05, 0) is 5.56 Å². The van der Waals surface area contributed by atoms with Crippen LogP contribution in [0.25, 0.3) is 11.2 Å². The first-order valence-corrected chi connectivity index (χ1v) is 10.3. The number of hydrogen-bond acceptors (Lipinski definition) is 8. The summed E-state index contributed by atoms with van der Waals surface area (Å²) in [5.74, 6) is 0.333. The lowest BCUT2D eigenvalue weighted by molar-refractivity contribution is 0.0563. The van der Waals surface area contributed by atoms with Gasteiger partial charge in [-0.3, -0.25) is 9.09 Å². The molecule has 0 spiro atoms. The Morgan fingerprint density at radius 2 is 2.11 bits per heavy atom. The zero-order valence-corrected chi connectivity index (χ0v) is 15.5. The molecule has 1 saturated heterocycles. The van der Waals surface area contributed by atoms with Crippen molar-refractivity contribution in [3.05, 3.63) is 48.5 Å². The van der Waals surface area contributed by atoms with E-state index >= 15 is 0 Å². The average Bonchev–Trinajstić information content (AvgIpc) is 3.11. The molecular weight excluding hydrogens is 369 g/mol. The molecule has 0 amide bonds. The van der Waals surface area contributed by atoms with Crippen molar-refractivity contribution in [3.8, 4) is 0 Å². The van der Waals surface area contributed by atoms with E-state index in [0.29, 0.717) is 43.2 Å². The molecule has 3 aromatic rings. The van der Waals surface area contributed by atoms with Gasteiger partial charge < -0.3 is 19.6 Å². The van der Waals surface area contributed by atoms with Gasteiger partial charge in [-0.1, -0.05) is 30.3 Å². The van der Waals surface area contributed by atoms with Crippen LogP contribution in [-0.2, 0) is 24.9 Å². The molecule has 1 fully saturated rings. The molecule has 27 heavy (non-hydrogen) atoms. The first-order chi connectivity index (χ1) is 13.1. The van der Waals surface area contributed by atoms with Crippen LogP contribution in [-0.4, -0.2) is 39.1 Å². The number of ether oxygens (including phenoxy) is 1. The van der Waals surface area contributed by atoms with Gasteiger partial charge in [-0.15, -0.1) is 0 Å². The minimum atomic E-state index is -3.29. The Balaban J connectivity index is 1.33. The summed E-state index contributed by atoms with van der Waals surface area (Å²) >= 11 is 0. The molecule has 9 nitrogen and oxygen atoms in total. The molecule has 0 radical (unpaired) electrons. The fraction of sp³-hybridized carbons (Fsp3) is 0.353. The van der Waals surface area contributed by atoms with Gasteiger partial charge in [-0.25, -0.2) is 15.0 Å². The lowest BCUT2D eigenvalue weighted by Crippen LogP contribution is -2.17. The molecule has 0 saturated carbocycles. The number of benzene rings is 1. The summed E-state index contributed by atoms with van der Waals surface area (Å²) in [6.45, 7) is 1.17. The van der Waals surface area contributed by atoms with Crippen molar-refractivity contribution in [2.24, 2.45) is 0 Å². The Hall–Kier alpha value is -2.32. The van der Waals surface area contributed by atoms with Crippen molar-refractivity contribution < 1.29 is 18.3 Å². The summed E-state index contributed by atoms with van der Waals surface area (Å²) in [5, 5.41) is 0. The number of imidazole rings is 1. The molecular formula is C17H20N5O4P. The van der Waals surface area contributed by atoms with Gasteiger partial charge in [0, 0.05) is 13.0 Å². The summed E-state index contributed by atoms with van der Waals surface area (Å²) < 4.78 is 31.3. The smallest absolute Gasteiger partial charge is 0.356 e. The monoisotopic (exact) mass is 389 g/mol. The Kier molecular flexibility index (Phi) is 5.18. The minimum absolute atomic E-state index is 0.0971. The Morgan fingerprint density at radius 3 is 2.96 bits per heavy atom. The van der Waals surface area contributed by atoms with Crippen LogP contribution in [0.2, 0.25) is 0 Å². The third-order valence-electron chi connectivity index (χ3n) is 4.28. The van der Waals surface area contributed by atoms with Crippen molar-refractivity contribution in [1.82, 2.24) is 19.5 Å². The number of nitrogen functional groups attached to an aromatic ring is 1. The van der Waals surface area contributed by atoms with Crippen LogP contribution in [0, 0.1) is 0 Å². The zero-order valence-electron chi connectivity index (χ0n) is 14.6. The normalized spacial score (nSPS) is 22.9. The molecule has 0 bridgehead atoms. The van der Waals surface area contributed by atoms with E-state index in [1.165, 1.54) is 6.33 Å². The maximum absolute atomic E-state index is 12.8. The molecule has 0 aliphatic carbocycles. The third kappa shape index (κ3) is 4.01. The summed E-state index contributed by atoms with van der Waals surface area (Å²) in [7, 11) is -3.29. The predicted molar refractivity (Wildman–Crippen MR) is 99.0 cm³/mol. The Labute approximate surface area is 156 Å². The van der Waals surface area contributed by atoms with Gasteiger partial charge in [0.25, 0.3) is 0 Å². The third-order valence-corrected chi connectivity index (χ3v) is 5.93. The summed E-state index contributed by atoms with van der Waals surface area (Å²) in [5.41, 5.74) is 7.94. The highest BCUT2D eigenvalue weighted by Crippen LogP contribution is 2.55. The SMILES string of the molecule is Nc1ncnc2c1ncn2CCOCP1(=O)OCC[C@H](c2ccccc2)O1. The Morgan fingerprint density at radius 1 is 1.26 bits per heavy atom. The van der Waals surface area contributed by atoms with Gasteiger partial charge >= 0.3 is 7.60 Å². The van der Waals surface area contributed by atoms with Crippen molar-refractivity contribution in [2.75, 3.05) is 25.3 Å². The highest BCUT2D eigenvalue weighted by Gasteiger charge is 2.34. The van der Waals surface area contributed by atoms with Crippen LogP contribution in [0.4, 0.5) is 5.82 Å². The predicted octanol–water partition coefficient (Wildman–Crippen LogP) is 2.75. The van der Waals surface area contributed by atoms with E-state index in [4.69, 9.17) is 19.5 Å². The van der Waals surface area contributed by atoms with Crippen molar-refractivity contribution in [3.63, 3.8) is 0 Å². The minimum Gasteiger partial charge on any atom is -0.382 e. The van der Waals surface area contributed by atoms with E-state index in [9.17, 15) is 4.57 Å². The van der Waals surface area contributed by atoms with Crippen molar-refractivity contribution in [2.45, 2.75) is 19.1 Å². The van der Waals surface area contributed by atoms with Gasteiger partial charge in [0.2, 0.25) is 0 Å². The molecule has 10 heteroatoms. The van der Waals surface area contributed by atoms with Crippen LogP contribution in [0.1, 0.15) is 18.1 Å². The van der Waals surface area contributed by atoms with E-state index in [1.54, 1.807) is 10.9 Å². The van der Waals surface area contributed by atoms with E-state index < -0.39 is 7.60 Å². The number of aromatic nitrogens is 4. The molecule has 1 aromatic carbocycles. The molecule has 142 valence electrons. The standard InChI is InChI=1S/C17H20N5O4P/c18-16-15-17(20-10-19-16)22(11-21-15)7-9-24-12-27(23)25-8-6-14(26-27)13-4-2-1-3-5-13/h1-5,10-11,14H,6-9,12H2,(H2,18,19,20)/t14-,27?/m1/s1. The molecule has 2 N–H and O–H groups in total. The lowest BCUT2D eigenvalue weighted by Gasteiger charge is -2.29. The van der Waals surface area contributed by atoms with Crippen LogP contribution >= 0.6 is 7.60 Å². The second kappa shape index (κ2) is 7.74. The maximum Gasteiger partial charge on any atom is 0.356 e. The van der Waals surface area contributed by atoms with Gasteiger partial charge in [0.15, 0.2) is 11.5 Å². The topological polar surface area (TPSA) is 114 Å². The highest BCUT2D eigenvalue weighted by atomic mass is 31.2. The fourth-order valence-electron chi connectivity index (χ4n) is 2.94. The van der Waals surface area contributed by atoms with E-state index in [0.717, 1.165) is 5.56 Å². The number of anilines is 1. The summed E-state index contributed by atoms with van der Waals surface area (Å²) in [6.07, 6.45) is 3.34.